The van der Waals surface area contributed by atoms with Crippen LogP contribution < -0.4 is 16.0 Å². The molecule has 3 N–H and O–H groups in total. The number of imide groups is 1. The molecule has 4 amide bonds. The number of urea groups is 1. The number of amides is 4. The summed E-state index contributed by atoms with van der Waals surface area (Å²) in [5.74, 6) is -1.41. The van der Waals surface area contributed by atoms with Gasteiger partial charge in [0.25, 0.3) is 5.91 Å². The van der Waals surface area contributed by atoms with Crippen molar-refractivity contribution in [2.24, 2.45) is 0 Å². The minimum atomic E-state index is -1.32. The number of carbonyl (C=O) groups is 3. The van der Waals surface area contributed by atoms with Crippen molar-refractivity contribution in [3.63, 3.8) is 0 Å². The Balaban J connectivity index is 0.00000312. The lowest BCUT2D eigenvalue weighted by Crippen LogP contribution is -2.45. The normalized spacial score (nSPS) is 20.7. The zero-order chi connectivity index (χ0) is 17.9. The van der Waals surface area contributed by atoms with E-state index in [0.29, 0.717) is 12.1 Å². The lowest BCUT2D eigenvalue weighted by Gasteiger charge is -2.22. The molecule has 2 atom stereocenters. The van der Waals surface area contributed by atoms with Crippen molar-refractivity contribution >= 4 is 30.3 Å². The van der Waals surface area contributed by atoms with E-state index in [1.54, 1.807) is 7.05 Å². The third-order valence-corrected chi connectivity index (χ3v) is 4.10. The first-order valence-corrected chi connectivity index (χ1v) is 7.62. The minimum Gasteiger partial charge on any atom is -0.353 e. The van der Waals surface area contributed by atoms with Gasteiger partial charge in [-0.1, -0.05) is 12.1 Å². The molecule has 0 saturated carbocycles. The van der Waals surface area contributed by atoms with E-state index in [2.05, 4.69) is 16.0 Å². The number of nitrogens with zero attached hydrogens (tertiary/aromatic N) is 1. The van der Waals surface area contributed by atoms with E-state index in [1.165, 1.54) is 31.2 Å². The summed E-state index contributed by atoms with van der Waals surface area (Å²) in [4.78, 5) is 37.5. The van der Waals surface area contributed by atoms with Gasteiger partial charge in [0.05, 0.1) is 0 Å². The summed E-state index contributed by atoms with van der Waals surface area (Å²) >= 11 is 0. The van der Waals surface area contributed by atoms with Crippen molar-refractivity contribution in [2.45, 2.75) is 25.4 Å². The van der Waals surface area contributed by atoms with Crippen molar-refractivity contribution in [1.29, 1.82) is 0 Å². The fourth-order valence-electron chi connectivity index (χ4n) is 2.39. The van der Waals surface area contributed by atoms with Crippen LogP contribution in [0.1, 0.15) is 19.4 Å². The third-order valence-electron chi connectivity index (χ3n) is 4.10. The van der Waals surface area contributed by atoms with E-state index < -0.39 is 29.2 Å². The van der Waals surface area contributed by atoms with E-state index in [9.17, 15) is 18.8 Å². The predicted octanol–water partition coefficient (Wildman–Crippen LogP) is 0.739. The van der Waals surface area contributed by atoms with Gasteiger partial charge in [0, 0.05) is 12.6 Å². The molecule has 2 rings (SSSR count). The molecule has 1 aromatic carbocycles. The molecule has 1 aliphatic rings. The molecule has 9 heteroatoms. The first kappa shape index (κ1) is 20.9. The standard InChI is InChI=1S/C16H21FN4O3.ClH/c1-10(18-3)8-19-13(22)9-21-14(23)16(2,20-15(21)24)11-4-6-12(17)7-5-11;/h4-7,10,18H,8-9H2,1-3H3,(H,19,22)(H,20,24);1H. The van der Waals surface area contributed by atoms with Gasteiger partial charge in [-0.3, -0.25) is 14.5 Å². The van der Waals surface area contributed by atoms with E-state index in [0.717, 1.165) is 4.90 Å². The molecule has 1 aliphatic heterocycles. The molecule has 25 heavy (non-hydrogen) atoms. The number of carbonyl (C=O) groups excluding carboxylic acids is 3. The van der Waals surface area contributed by atoms with Crippen molar-refractivity contribution in [2.75, 3.05) is 20.1 Å². The second-order valence-corrected chi connectivity index (χ2v) is 5.95. The second kappa shape index (κ2) is 8.26. The first-order valence-electron chi connectivity index (χ1n) is 7.62. The second-order valence-electron chi connectivity index (χ2n) is 5.95. The van der Waals surface area contributed by atoms with Crippen molar-refractivity contribution < 1.29 is 18.8 Å². The summed E-state index contributed by atoms with van der Waals surface area (Å²) in [5, 5.41) is 8.19. The summed E-state index contributed by atoms with van der Waals surface area (Å²) in [6.07, 6.45) is 0. The van der Waals surface area contributed by atoms with E-state index >= 15 is 0 Å². The van der Waals surface area contributed by atoms with Crippen LogP contribution in [0.5, 0.6) is 0 Å². The number of rotatable bonds is 6. The Hall–Kier alpha value is -2.19. The average molecular weight is 373 g/mol. The van der Waals surface area contributed by atoms with Crippen LogP contribution in [0.15, 0.2) is 24.3 Å². The van der Waals surface area contributed by atoms with E-state index in [-0.39, 0.29) is 25.0 Å². The third kappa shape index (κ3) is 4.46. The highest BCUT2D eigenvalue weighted by atomic mass is 35.5. The Labute approximate surface area is 151 Å². The fourth-order valence-corrected chi connectivity index (χ4v) is 2.39. The van der Waals surface area contributed by atoms with Crippen molar-refractivity contribution in [1.82, 2.24) is 20.9 Å². The largest absolute Gasteiger partial charge is 0.353 e. The predicted molar refractivity (Wildman–Crippen MR) is 92.8 cm³/mol. The van der Waals surface area contributed by atoms with Gasteiger partial charge < -0.3 is 16.0 Å². The highest BCUT2D eigenvalue weighted by molar-refractivity contribution is 6.09. The Morgan fingerprint density at radius 2 is 1.92 bits per heavy atom. The van der Waals surface area contributed by atoms with E-state index in [1.807, 2.05) is 6.92 Å². The monoisotopic (exact) mass is 372 g/mol. The number of halogens is 2. The van der Waals surface area contributed by atoms with Crippen molar-refractivity contribution in [3.8, 4) is 0 Å². The quantitative estimate of drug-likeness (QED) is 0.642. The molecule has 0 radical (unpaired) electrons. The maximum absolute atomic E-state index is 13.1. The van der Waals surface area contributed by atoms with Crippen LogP contribution in [0.3, 0.4) is 0 Å². The highest BCUT2D eigenvalue weighted by Gasteiger charge is 2.49. The van der Waals surface area contributed by atoms with Gasteiger partial charge in [-0.2, -0.15) is 0 Å². The zero-order valence-electron chi connectivity index (χ0n) is 14.3. The Bertz CT molecular complexity index is 655. The Morgan fingerprint density at radius 3 is 2.48 bits per heavy atom. The zero-order valence-corrected chi connectivity index (χ0v) is 15.1. The smallest absolute Gasteiger partial charge is 0.325 e. The van der Waals surface area contributed by atoms with E-state index in [4.69, 9.17) is 0 Å². The van der Waals surface area contributed by atoms with Gasteiger partial charge >= 0.3 is 6.03 Å². The molecule has 138 valence electrons. The molecule has 0 aliphatic carbocycles. The van der Waals surface area contributed by atoms with Crippen LogP contribution >= 0.6 is 12.4 Å². The maximum atomic E-state index is 13.1. The summed E-state index contributed by atoms with van der Waals surface area (Å²) in [5.41, 5.74) is -0.863. The molecule has 7 nitrogen and oxygen atoms in total. The number of nitrogens with one attached hydrogen (secondary N) is 3. The van der Waals surface area contributed by atoms with Crippen molar-refractivity contribution in [3.05, 3.63) is 35.6 Å². The van der Waals surface area contributed by atoms with Gasteiger partial charge in [-0.05, 0) is 38.6 Å². The van der Waals surface area contributed by atoms with Gasteiger partial charge in [-0.25, -0.2) is 9.18 Å². The van der Waals surface area contributed by atoms with Crippen LogP contribution in [0.25, 0.3) is 0 Å². The molecule has 1 fully saturated rings. The summed E-state index contributed by atoms with van der Waals surface area (Å²) < 4.78 is 13.1. The molecule has 1 heterocycles. The molecule has 1 saturated heterocycles. The molecular formula is C16H22ClFN4O3. The van der Waals surface area contributed by atoms with Crippen LogP contribution in [-0.2, 0) is 15.1 Å². The van der Waals surface area contributed by atoms with Crippen LogP contribution in [0.4, 0.5) is 9.18 Å². The van der Waals surface area contributed by atoms with Gasteiger partial charge in [0.15, 0.2) is 0 Å². The van der Waals surface area contributed by atoms with Crippen LogP contribution in [0, 0.1) is 5.82 Å². The molecular weight excluding hydrogens is 351 g/mol. The average Bonchev–Trinajstić information content (AvgIpc) is 2.77. The summed E-state index contributed by atoms with van der Waals surface area (Å²) in [6.45, 7) is 3.44. The van der Waals surface area contributed by atoms with Gasteiger partial charge in [-0.15, -0.1) is 12.4 Å². The van der Waals surface area contributed by atoms with Crippen LogP contribution in [0.2, 0.25) is 0 Å². The summed E-state index contributed by atoms with van der Waals surface area (Å²) in [6, 6.07) is 4.73. The molecule has 0 aromatic heterocycles. The minimum absolute atomic E-state index is 0. The lowest BCUT2D eigenvalue weighted by molar-refractivity contribution is -0.134. The molecule has 1 aromatic rings. The lowest BCUT2D eigenvalue weighted by atomic mass is 9.92. The van der Waals surface area contributed by atoms with Crippen LogP contribution in [-0.4, -0.2) is 48.9 Å². The molecule has 0 bridgehead atoms. The summed E-state index contributed by atoms with van der Waals surface area (Å²) in [7, 11) is 1.77. The molecule has 2 unspecified atom stereocenters. The first-order chi connectivity index (χ1) is 11.3. The topological polar surface area (TPSA) is 90.5 Å². The fraction of sp³-hybridized carbons (Fsp3) is 0.438. The molecule has 0 spiro atoms. The van der Waals surface area contributed by atoms with Gasteiger partial charge in [0.2, 0.25) is 5.91 Å². The number of benzene rings is 1. The number of hydrogen-bond donors (Lipinski definition) is 3. The highest BCUT2D eigenvalue weighted by Crippen LogP contribution is 2.28. The Kier molecular flexibility index (Phi) is 6.89. The Morgan fingerprint density at radius 1 is 1.32 bits per heavy atom. The maximum Gasteiger partial charge on any atom is 0.325 e. The number of hydrogen-bond acceptors (Lipinski definition) is 4. The SMILES string of the molecule is CNC(C)CNC(=O)CN1C(=O)NC(C)(c2ccc(F)cc2)C1=O.Cl. The number of likely N-dealkylation sites (N-methyl/N-ethyl adjacent to an activating group) is 1. The van der Waals surface area contributed by atoms with Gasteiger partial charge in [0.1, 0.15) is 17.9 Å².